The number of urea groups is 1. The van der Waals surface area contributed by atoms with Crippen molar-refractivity contribution in [2.75, 3.05) is 5.32 Å². The van der Waals surface area contributed by atoms with Gasteiger partial charge in [0.25, 0.3) is 0 Å². The van der Waals surface area contributed by atoms with Gasteiger partial charge in [-0.1, -0.05) is 27.9 Å². The highest BCUT2D eigenvalue weighted by Crippen LogP contribution is 2.22. The molecule has 1 saturated carbocycles. The number of hydrogen-bond acceptors (Lipinski definition) is 1. The highest BCUT2D eigenvalue weighted by Gasteiger charge is 2.07. The molecule has 0 heterocycles. The largest absolute Gasteiger partial charge is 0.323 e. The van der Waals surface area contributed by atoms with Crippen LogP contribution in [0.3, 0.4) is 0 Å². The van der Waals surface area contributed by atoms with Crippen molar-refractivity contribution >= 4 is 27.6 Å². The molecule has 2 amide bonds. The minimum absolute atomic E-state index is 0.177. The monoisotopic (exact) mass is 322 g/mol. The van der Waals surface area contributed by atoms with E-state index in [0.29, 0.717) is 0 Å². The molecule has 1 aromatic rings. The molecule has 0 spiro atoms. The molecule has 2 rings (SSSR count). The van der Waals surface area contributed by atoms with Gasteiger partial charge in [0, 0.05) is 16.4 Å². The van der Waals surface area contributed by atoms with Gasteiger partial charge in [0.1, 0.15) is 0 Å². The number of carbonyl (C=O) groups is 1. The van der Waals surface area contributed by atoms with E-state index in [2.05, 4.69) is 26.6 Å². The number of allylic oxidation sites excluding steroid dienone is 1. The lowest BCUT2D eigenvalue weighted by Crippen LogP contribution is -2.25. The summed E-state index contributed by atoms with van der Waals surface area (Å²) in [5.74, 6) is 0. The molecule has 0 aliphatic heterocycles. The first-order valence-corrected chi connectivity index (χ1v) is 7.46. The Morgan fingerprint density at radius 3 is 2.68 bits per heavy atom. The average molecular weight is 323 g/mol. The van der Waals surface area contributed by atoms with Crippen LogP contribution in [-0.4, -0.2) is 6.03 Å². The number of benzene rings is 1. The number of rotatable bonds is 2. The zero-order valence-corrected chi connectivity index (χ0v) is 12.7. The first kappa shape index (κ1) is 14.1. The summed E-state index contributed by atoms with van der Waals surface area (Å²) in [6, 6.07) is 5.62. The second-order valence-electron chi connectivity index (χ2n) is 4.92. The number of carbonyl (C=O) groups excluding carboxylic acids is 1. The SMILES string of the molecule is Cc1cc(Br)ccc1NC(=O)NC=C1CCCCC1. The van der Waals surface area contributed by atoms with Crippen LogP contribution in [0.1, 0.15) is 37.7 Å². The summed E-state index contributed by atoms with van der Waals surface area (Å²) < 4.78 is 1.01. The lowest BCUT2D eigenvalue weighted by atomic mass is 9.96. The van der Waals surface area contributed by atoms with E-state index in [1.165, 1.54) is 24.8 Å². The van der Waals surface area contributed by atoms with Crippen molar-refractivity contribution in [3.63, 3.8) is 0 Å². The van der Waals surface area contributed by atoms with Crippen LogP contribution >= 0.6 is 15.9 Å². The molecule has 0 aromatic heterocycles. The van der Waals surface area contributed by atoms with Gasteiger partial charge in [-0.05, 0) is 56.4 Å². The number of halogens is 1. The van der Waals surface area contributed by atoms with Crippen molar-refractivity contribution < 1.29 is 4.79 Å². The van der Waals surface area contributed by atoms with Crippen LogP contribution < -0.4 is 10.6 Å². The van der Waals surface area contributed by atoms with E-state index >= 15 is 0 Å². The predicted molar refractivity (Wildman–Crippen MR) is 82.2 cm³/mol. The molecule has 102 valence electrons. The second kappa shape index (κ2) is 6.75. The highest BCUT2D eigenvalue weighted by atomic mass is 79.9. The topological polar surface area (TPSA) is 41.1 Å². The van der Waals surface area contributed by atoms with Gasteiger partial charge >= 0.3 is 6.03 Å². The lowest BCUT2D eigenvalue weighted by molar-refractivity contribution is 0.255. The molecule has 0 saturated heterocycles. The Labute approximate surface area is 122 Å². The first-order chi connectivity index (χ1) is 9.15. The summed E-state index contributed by atoms with van der Waals surface area (Å²) in [4.78, 5) is 11.8. The van der Waals surface area contributed by atoms with Crippen LogP contribution in [-0.2, 0) is 0 Å². The predicted octanol–water partition coefficient (Wildman–Crippen LogP) is 4.73. The van der Waals surface area contributed by atoms with Gasteiger partial charge < -0.3 is 10.6 Å². The van der Waals surface area contributed by atoms with Gasteiger partial charge in [-0.3, -0.25) is 0 Å². The van der Waals surface area contributed by atoms with Gasteiger partial charge in [-0.2, -0.15) is 0 Å². The molecule has 1 aliphatic rings. The Bertz CT molecular complexity index is 489. The van der Waals surface area contributed by atoms with Crippen LogP contribution in [0.15, 0.2) is 34.4 Å². The summed E-state index contributed by atoms with van der Waals surface area (Å²) in [7, 11) is 0. The van der Waals surface area contributed by atoms with Crippen molar-refractivity contribution in [3.8, 4) is 0 Å². The van der Waals surface area contributed by atoms with Crippen molar-refractivity contribution in [2.24, 2.45) is 0 Å². The number of anilines is 1. The molecule has 1 fully saturated rings. The maximum atomic E-state index is 11.8. The van der Waals surface area contributed by atoms with Crippen molar-refractivity contribution in [2.45, 2.75) is 39.0 Å². The van der Waals surface area contributed by atoms with Gasteiger partial charge in [-0.15, -0.1) is 0 Å². The van der Waals surface area contributed by atoms with E-state index < -0.39 is 0 Å². The molecule has 0 atom stereocenters. The average Bonchev–Trinajstić information content (AvgIpc) is 2.41. The van der Waals surface area contributed by atoms with E-state index in [-0.39, 0.29) is 6.03 Å². The van der Waals surface area contributed by atoms with Crippen LogP contribution in [0, 0.1) is 6.92 Å². The molecule has 1 aliphatic carbocycles. The summed E-state index contributed by atoms with van der Waals surface area (Å²) in [5.41, 5.74) is 3.21. The number of aryl methyl sites for hydroxylation is 1. The van der Waals surface area contributed by atoms with E-state index in [1.54, 1.807) is 0 Å². The first-order valence-electron chi connectivity index (χ1n) is 6.67. The van der Waals surface area contributed by atoms with Crippen molar-refractivity contribution in [1.29, 1.82) is 0 Å². The summed E-state index contributed by atoms with van der Waals surface area (Å²) >= 11 is 3.41. The van der Waals surface area contributed by atoms with Gasteiger partial charge in [0.05, 0.1) is 0 Å². The molecule has 0 unspecified atom stereocenters. The Morgan fingerprint density at radius 1 is 1.26 bits per heavy atom. The molecular weight excluding hydrogens is 304 g/mol. The maximum Gasteiger partial charge on any atom is 0.323 e. The van der Waals surface area contributed by atoms with Crippen molar-refractivity contribution in [3.05, 3.63) is 40.0 Å². The van der Waals surface area contributed by atoms with Gasteiger partial charge in [0.15, 0.2) is 0 Å². The molecule has 3 nitrogen and oxygen atoms in total. The Morgan fingerprint density at radius 2 is 2.00 bits per heavy atom. The van der Waals surface area contributed by atoms with E-state index in [1.807, 2.05) is 31.3 Å². The zero-order valence-electron chi connectivity index (χ0n) is 11.1. The fraction of sp³-hybridized carbons (Fsp3) is 0.400. The number of hydrogen-bond donors (Lipinski definition) is 2. The molecular formula is C15H19BrN2O. The lowest BCUT2D eigenvalue weighted by Gasteiger charge is -2.14. The van der Waals surface area contributed by atoms with Crippen molar-refractivity contribution in [1.82, 2.24) is 5.32 Å². The molecule has 19 heavy (non-hydrogen) atoms. The fourth-order valence-electron chi connectivity index (χ4n) is 2.24. The normalized spacial score (nSPS) is 14.9. The second-order valence-corrected chi connectivity index (χ2v) is 5.84. The third-order valence-corrected chi connectivity index (χ3v) is 3.83. The van der Waals surface area contributed by atoms with E-state index in [9.17, 15) is 4.79 Å². The third-order valence-electron chi connectivity index (χ3n) is 3.34. The fourth-order valence-corrected chi connectivity index (χ4v) is 2.72. The zero-order chi connectivity index (χ0) is 13.7. The minimum Gasteiger partial charge on any atom is -0.314 e. The van der Waals surface area contributed by atoms with E-state index in [4.69, 9.17) is 0 Å². The molecule has 0 radical (unpaired) electrons. The highest BCUT2D eigenvalue weighted by molar-refractivity contribution is 9.10. The number of amides is 2. The maximum absolute atomic E-state index is 11.8. The van der Waals surface area contributed by atoms with E-state index in [0.717, 1.165) is 28.6 Å². The van der Waals surface area contributed by atoms with Crippen LogP contribution in [0.2, 0.25) is 0 Å². The van der Waals surface area contributed by atoms with Crippen LogP contribution in [0.4, 0.5) is 10.5 Å². The number of nitrogens with one attached hydrogen (secondary N) is 2. The summed E-state index contributed by atoms with van der Waals surface area (Å²) in [6.45, 7) is 1.97. The van der Waals surface area contributed by atoms with Crippen LogP contribution in [0.5, 0.6) is 0 Å². The summed E-state index contributed by atoms with van der Waals surface area (Å²) in [5, 5.41) is 5.68. The Kier molecular flexibility index (Phi) is 5.02. The summed E-state index contributed by atoms with van der Waals surface area (Å²) in [6.07, 6.45) is 7.86. The molecule has 4 heteroatoms. The molecule has 0 bridgehead atoms. The molecule has 2 N–H and O–H groups in total. The minimum atomic E-state index is -0.177. The Balaban J connectivity index is 1.90. The smallest absolute Gasteiger partial charge is 0.314 e. The third kappa shape index (κ3) is 4.39. The quantitative estimate of drug-likeness (QED) is 0.812. The molecule has 1 aromatic carbocycles. The Hall–Kier alpha value is -1.29. The van der Waals surface area contributed by atoms with Crippen LogP contribution in [0.25, 0.3) is 0 Å². The van der Waals surface area contributed by atoms with Gasteiger partial charge in [-0.25, -0.2) is 4.79 Å². The standard InChI is InChI=1S/C15H19BrN2O/c1-11-9-13(16)7-8-14(11)18-15(19)17-10-12-5-3-2-4-6-12/h7-10H,2-6H2,1H3,(H2,17,18,19). The van der Waals surface area contributed by atoms with Gasteiger partial charge in [0.2, 0.25) is 0 Å².